The van der Waals surface area contributed by atoms with Gasteiger partial charge in [-0.1, -0.05) is 25.3 Å². The second kappa shape index (κ2) is 2.30. The highest BCUT2D eigenvalue weighted by molar-refractivity contribution is 5.29. The van der Waals surface area contributed by atoms with Crippen molar-refractivity contribution in [1.82, 2.24) is 0 Å². The summed E-state index contributed by atoms with van der Waals surface area (Å²) in [5.74, 6) is 0. The summed E-state index contributed by atoms with van der Waals surface area (Å²) in [5.41, 5.74) is 2.45. The zero-order valence-corrected chi connectivity index (χ0v) is 6.57. The van der Waals surface area contributed by atoms with E-state index in [0.717, 1.165) is 10.4 Å². The summed E-state index contributed by atoms with van der Waals surface area (Å²) in [4.78, 5) is 0. The Morgan fingerprint density at radius 3 is 1.80 bits per heavy atom. The Kier molecular flexibility index (Phi) is 1.62. The lowest BCUT2D eigenvalue weighted by molar-refractivity contribution is 1.31. The van der Waals surface area contributed by atoms with Crippen molar-refractivity contribution in [3.63, 3.8) is 0 Å². The molecule has 0 unspecified atom stereocenters. The molecule has 0 radical (unpaired) electrons. The van der Waals surface area contributed by atoms with Crippen LogP contribution in [0.5, 0.6) is 0 Å². The lowest BCUT2D eigenvalue weighted by atomic mass is 10.1. The lowest BCUT2D eigenvalue weighted by Crippen LogP contribution is -2.13. The van der Waals surface area contributed by atoms with Gasteiger partial charge in [0.25, 0.3) is 0 Å². The highest BCUT2D eigenvalue weighted by Gasteiger charge is 1.88. The van der Waals surface area contributed by atoms with Gasteiger partial charge >= 0.3 is 0 Å². The molecule has 10 heavy (non-hydrogen) atoms. The first kappa shape index (κ1) is 7.07. The predicted molar refractivity (Wildman–Crippen MR) is 46.2 cm³/mol. The number of benzene rings is 1. The quantitative estimate of drug-likeness (QED) is 0.496. The Morgan fingerprint density at radius 1 is 1.00 bits per heavy atom. The third kappa shape index (κ3) is 1.10. The highest BCUT2D eigenvalue weighted by Crippen LogP contribution is 1.86. The van der Waals surface area contributed by atoms with E-state index in [4.69, 9.17) is 0 Å². The molecule has 0 nitrogen and oxygen atoms in total. The number of rotatable bonds is 0. The molecule has 0 spiro atoms. The molecule has 52 valence electrons. The van der Waals surface area contributed by atoms with Crippen LogP contribution in [-0.2, 0) is 0 Å². The van der Waals surface area contributed by atoms with Gasteiger partial charge in [-0.25, -0.2) is 0 Å². The second-order valence-corrected chi connectivity index (χ2v) is 2.71. The van der Waals surface area contributed by atoms with E-state index in [-0.39, 0.29) is 0 Å². The molecule has 0 heterocycles. The molecule has 0 fully saturated rings. The number of aryl methyl sites for hydroxylation is 2. The van der Waals surface area contributed by atoms with Crippen molar-refractivity contribution in [1.29, 1.82) is 0 Å². The number of hydrogen-bond donors (Lipinski definition) is 0. The van der Waals surface area contributed by atoms with Crippen molar-refractivity contribution in [2.45, 2.75) is 13.8 Å². The van der Waals surface area contributed by atoms with Crippen LogP contribution in [0.3, 0.4) is 0 Å². The van der Waals surface area contributed by atoms with E-state index < -0.39 is 0 Å². The van der Waals surface area contributed by atoms with Gasteiger partial charge in [-0.2, -0.15) is 0 Å². The van der Waals surface area contributed by atoms with Gasteiger partial charge in [-0.3, -0.25) is 0 Å². The molecule has 1 rings (SSSR count). The maximum absolute atomic E-state index is 3.93. The fourth-order valence-electron chi connectivity index (χ4n) is 1.08. The summed E-state index contributed by atoms with van der Waals surface area (Å²) in [7, 11) is 0. The van der Waals surface area contributed by atoms with E-state index in [9.17, 15) is 0 Å². The molecule has 0 heteroatoms. The zero-order chi connectivity index (χ0) is 7.72. The van der Waals surface area contributed by atoms with Crippen LogP contribution in [-0.4, -0.2) is 0 Å². The fraction of sp³-hybridized carbons (Fsp3) is 0.200. The van der Waals surface area contributed by atoms with Gasteiger partial charge in [-0.05, 0) is 35.4 Å². The molecule has 0 aliphatic rings. The third-order valence-electron chi connectivity index (χ3n) is 1.76. The Bertz CT molecular complexity index is 305. The largest absolute Gasteiger partial charge is 0.0917 e. The fourth-order valence-corrected chi connectivity index (χ4v) is 1.08. The normalized spacial score (nSPS) is 9.80. The maximum Gasteiger partial charge on any atom is -0.0270 e. The van der Waals surface area contributed by atoms with Gasteiger partial charge < -0.3 is 0 Å². The molecule has 0 N–H and O–H groups in total. The van der Waals surface area contributed by atoms with Crippen molar-refractivity contribution in [2.75, 3.05) is 0 Å². The van der Waals surface area contributed by atoms with Crippen LogP contribution < -0.4 is 10.4 Å². The van der Waals surface area contributed by atoms with Crippen LogP contribution in [0.15, 0.2) is 12.1 Å². The smallest absolute Gasteiger partial charge is 0.0270 e. The van der Waals surface area contributed by atoms with Gasteiger partial charge in [0.1, 0.15) is 0 Å². The zero-order valence-electron chi connectivity index (χ0n) is 6.57. The Morgan fingerprint density at radius 2 is 1.40 bits per heavy atom. The highest BCUT2D eigenvalue weighted by atomic mass is 13.9. The second-order valence-electron chi connectivity index (χ2n) is 2.71. The van der Waals surface area contributed by atoms with Gasteiger partial charge in [0.05, 0.1) is 0 Å². The standard InChI is InChI=1S/C10H12/c1-7-5-8(2)10(4)9(3)6-7/h5-6H,1,4H2,2-3H3. The van der Waals surface area contributed by atoms with Gasteiger partial charge in [0.2, 0.25) is 0 Å². The summed E-state index contributed by atoms with van der Waals surface area (Å²) >= 11 is 0. The van der Waals surface area contributed by atoms with Crippen molar-refractivity contribution < 1.29 is 0 Å². The first-order valence-corrected chi connectivity index (χ1v) is 3.36. The number of hydrogen-bond acceptors (Lipinski definition) is 0. The minimum atomic E-state index is 1.07. The van der Waals surface area contributed by atoms with Crippen molar-refractivity contribution in [3.05, 3.63) is 33.7 Å². The van der Waals surface area contributed by atoms with Gasteiger partial charge in [0, 0.05) is 0 Å². The van der Waals surface area contributed by atoms with Gasteiger partial charge in [-0.15, -0.1) is 0 Å². The molecule has 0 amide bonds. The molecule has 0 aliphatic heterocycles. The van der Waals surface area contributed by atoms with Gasteiger partial charge in [0.15, 0.2) is 0 Å². The summed E-state index contributed by atoms with van der Waals surface area (Å²) in [6.07, 6.45) is 0. The monoisotopic (exact) mass is 132 g/mol. The van der Waals surface area contributed by atoms with Crippen LogP contribution in [0.2, 0.25) is 0 Å². The van der Waals surface area contributed by atoms with E-state index in [2.05, 4.69) is 39.1 Å². The third-order valence-corrected chi connectivity index (χ3v) is 1.76. The van der Waals surface area contributed by atoms with E-state index in [1.807, 2.05) is 0 Å². The topological polar surface area (TPSA) is 0 Å². The van der Waals surface area contributed by atoms with Crippen molar-refractivity contribution >= 4 is 13.2 Å². The average molecular weight is 132 g/mol. The molecule has 0 bridgehead atoms. The molecule has 1 aromatic carbocycles. The first-order chi connectivity index (χ1) is 4.61. The molecule has 0 atom stereocenters. The molecule has 0 saturated carbocycles. The average Bonchev–Trinajstić information content (AvgIpc) is 1.82. The Balaban J connectivity index is 3.62. The summed E-state index contributed by atoms with van der Waals surface area (Å²) in [6.45, 7) is 11.9. The Labute approximate surface area is 61.5 Å². The minimum absolute atomic E-state index is 1.07. The predicted octanol–water partition coefficient (Wildman–Crippen LogP) is 1.12. The molecular weight excluding hydrogens is 120 g/mol. The van der Waals surface area contributed by atoms with Crippen molar-refractivity contribution in [2.24, 2.45) is 0 Å². The Hall–Kier alpha value is -1.04. The first-order valence-electron chi connectivity index (χ1n) is 3.36. The molecule has 0 saturated heterocycles. The van der Waals surface area contributed by atoms with Crippen LogP contribution in [0.4, 0.5) is 0 Å². The van der Waals surface area contributed by atoms with E-state index in [0.29, 0.717) is 0 Å². The summed E-state index contributed by atoms with van der Waals surface area (Å²) in [5, 5.41) is 2.20. The molecule has 0 aromatic heterocycles. The van der Waals surface area contributed by atoms with E-state index >= 15 is 0 Å². The summed E-state index contributed by atoms with van der Waals surface area (Å²) in [6, 6.07) is 4.10. The van der Waals surface area contributed by atoms with E-state index in [1.165, 1.54) is 11.1 Å². The molecule has 0 aliphatic carbocycles. The van der Waals surface area contributed by atoms with E-state index in [1.54, 1.807) is 0 Å². The molecular formula is C10H12. The summed E-state index contributed by atoms with van der Waals surface area (Å²) < 4.78 is 0. The van der Waals surface area contributed by atoms with Crippen LogP contribution >= 0.6 is 0 Å². The van der Waals surface area contributed by atoms with Crippen LogP contribution in [0.1, 0.15) is 11.1 Å². The van der Waals surface area contributed by atoms with Crippen LogP contribution in [0, 0.1) is 13.8 Å². The van der Waals surface area contributed by atoms with Crippen LogP contribution in [0.25, 0.3) is 13.2 Å². The molecule has 1 aromatic rings. The maximum atomic E-state index is 3.93. The lowest BCUT2D eigenvalue weighted by Gasteiger charge is -1.96. The van der Waals surface area contributed by atoms with Crippen molar-refractivity contribution in [3.8, 4) is 0 Å². The minimum Gasteiger partial charge on any atom is -0.0917 e. The SMILES string of the molecule is C=c1cc(C)c(=C)c(C)c1.